The van der Waals surface area contributed by atoms with Crippen molar-refractivity contribution in [1.29, 1.82) is 0 Å². The molecule has 2 rings (SSSR count). The summed E-state index contributed by atoms with van der Waals surface area (Å²) in [6.07, 6.45) is 3.73. The Balaban J connectivity index is 2.01. The van der Waals surface area contributed by atoms with E-state index >= 15 is 0 Å². The van der Waals surface area contributed by atoms with E-state index in [1.165, 1.54) is 5.69 Å². The minimum absolute atomic E-state index is 0.192. The molecule has 0 bridgehead atoms. The predicted molar refractivity (Wildman–Crippen MR) is 71.7 cm³/mol. The Hall–Kier alpha value is -1.26. The molecule has 1 N–H and O–H groups in total. The van der Waals surface area contributed by atoms with E-state index in [0.717, 1.165) is 25.1 Å². The highest BCUT2D eigenvalue weighted by molar-refractivity contribution is 6.28. The smallest absolute Gasteiger partial charge is 0.193 e. The minimum atomic E-state index is 0.192. The van der Waals surface area contributed by atoms with Crippen LogP contribution in [0.1, 0.15) is 30.8 Å². The number of halogens is 1. The van der Waals surface area contributed by atoms with Crippen LogP contribution in [0.15, 0.2) is 28.8 Å². The van der Waals surface area contributed by atoms with Gasteiger partial charge in [0.25, 0.3) is 0 Å². The molecule has 0 radical (unpaired) electrons. The molecule has 5 heteroatoms. The van der Waals surface area contributed by atoms with Crippen molar-refractivity contribution in [1.82, 2.24) is 15.1 Å². The van der Waals surface area contributed by atoms with Crippen LogP contribution in [0.5, 0.6) is 0 Å². The van der Waals surface area contributed by atoms with Crippen molar-refractivity contribution >= 4 is 11.6 Å². The molecule has 0 aliphatic heterocycles. The van der Waals surface area contributed by atoms with Crippen molar-refractivity contribution in [2.75, 3.05) is 6.54 Å². The van der Waals surface area contributed by atoms with E-state index in [1.54, 1.807) is 6.07 Å². The standard InChI is InChI=1S/C13H18ClN3O/c1-3-15-11(12-6-7-13(14)18-12)5-4-10-8-9-16-17(10)2/h6-9,11,15H,3-5H2,1-2H3. The second kappa shape index (κ2) is 6.07. The Kier molecular flexibility index (Phi) is 4.44. The van der Waals surface area contributed by atoms with Crippen LogP contribution in [0.3, 0.4) is 0 Å². The third kappa shape index (κ3) is 3.15. The minimum Gasteiger partial charge on any atom is -0.448 e. The van der Waals surface area contributed by atoms with Gasteiger partial charge in [0.15, 0.2) is 5.22 Å². The monoisotopic (exact) mass is 267 g/mol. The molecule has 4 nitrogen and oxygen atoms in total. The third-order valence-corrected chi connectivity index (χ3v) is 3.20. The maximum atomic E-state index is 5.82. The van der Waals surface area contributed by atoms with Gasteiger partial charge in [-0.25, -0.2) is 0 Å². The average Bonchev–Trinajstić information content (AvgIpc) is 2.94. The maximum absolute atomic E-state index is 5.82. The first-order valence-corrected chi connectivity index (χ1v) is 6.54. The van der Waals surface area contributed by atoms with Crippen molar-refractivity contribution in [2.45, 2.75) is 25.8 Å². The highest BCUT2D eigenvalue weighted by Gasteiger charge is 2.15. The molecule has 2 aromatic heterocycles. The normalized spacial score (nSPS) is 12.8. The summed E-state index contributed by atoms with van der Waals surface area (Å²) in [7, 11) is 1.96. The van der Waals surface area contributed by atoms with Crippen LogP contribution in [-0.4, -0.2) is 16.3 Å². The van der Waals surface area contributed by atoms with Gasteiger partial charge >= 0.3 is 0 Å². The molecule has 0 spiro atoms. The lowest BCUT2D eigenvalue weighted by Gasteiger charge is -2.15. The summed E-state index contributed by atoms with van der Waals surface area (Å²) < 4.78 is 7.38. The van der Waals surface area contributed by atoms with Gasteiger partial charge < -0.3 is 9.73 Å². The van der Waals surface area contributed by atoms with Crippen LogP contribution in [-0.2, 0) is 13.5 Å². The number of aryl methyl sites for hydroxylation is 2. The number of nitrogens with zero attached hydrogens (tertiary/aromatic N) is 2. The first-order valence-electron chi connectivity index (χ1n) is 6.16. The van der Waals surface area contributed by atoms with Crippen LogP contribution in [0.25, 0.3) is 0 Å². The Bertz CT molecular complexity index is 492. The lowest BCUT2D eigenvalue weighted by atomic mass is 10.1. The molecular weight excluding hydrogens is 250 g/mol. The fourth-order valence-corrected chi connectivity index (χ4v) is 2.20. The number of nitrogens with one attached hydrogen (secondary N) is 1. The van der Waals surface area contributed by atoms with Gasteiger partial charge in [-0.15, -0.1) is 0 Å². The van der Waals surface area contributed by atoms with Gasteiger partial charge in [0.2, 0.25) is 0 Å². The van der Waals surface area contributed by atoms with Gasteiger partial charge in [-0.1, -0.05) is 6.92 Å². The van der Waals surface area contributed by atoms with Crippen molar-refractivity contribution in [2.24, 2.45) is 7.05 Å². The van der Waals surface area contributed by atoms with Crippen LogP contribution in [0.2, 0.25) is 5.22 Å². The summed E-state index contributed by atoms with van der Waals surface area (Å²) in [5, 5.41) is 8.02. The quantitative estimate of drug-likeness (QED) is 0.875. The van der Waals surface area contributed by atoms with Gasteiger partial charge in [-0.2, -0.15) is 5.10 Å². The second-order valence-electron chi connectivity index (χ2n) is 4.24. The van der Waals surface area contributed by atoms with Gasteiger partial charge in [0.1, 0.15) is 5.76 Å². The van der Waals surface area contributed by atoms with Gasteiger partial charge in [-0.05, 0) is 49.2 Å². The molecule has 0 aromatic carbocycles. The Morgan fingerprint density at radius 1 is 1.44 bits per heavy atom. The molecule has 18 heavy (non-hydrogen) atoms. The fraction of sp³-hybridized carbons (Fsp3) is 0.462. The number of hydrogen-bond acceptors (Lipinski definition) is 3. The van der Waals surface area contributed by atoms with Crippen LogP contribution < -0.4 is 5.32 Å². The topological polar surface area (TPSA) is 43.0 Å². The first kappa shape index (κ1) is 13.2. The molecule has 0 saturated heterocycles. The Morgan fingerprint density at radius 2 is 2.28 bits per heavy atom. The fourth-order valence-electron chi connectivity index (χ4n) is 2.05. The zero-order valence-corrected chi connectivity index (χ0v) is 11.4. The highest BCUT2D eigenvalue weighted by Crippen LogP contribution is 2.23. The molecule has 98 valence electrons. The van der Waals surface area contributed by atoms with E-state index in [-0.39, 0.29) is 6.04 Å². The van der Waals surface area contributed by atoms with E-state index in [2.05, 4.69) is 17.3 Å². The lowest BCUT2D eigenvalue weighted by molar-refractivity contribution is 0.400. The Labute approximate surface area is 112 Å². The maximum Gasteiger partial charge on any atom is 0.193 e. The SMILES string of the molecule is CCNC(CCc1ccnn1C)c1ccc(Cl)o1. The van der Waals surface area contributed by atoms with Crippen molar-refractivity contribution in [3.8, 4) is 0 Å². The van der Waals surface area contributed by atoms with E-state index in [0.29, 0.717) is 5.22 Å². The summed E-state index contributed by atoms with van der Waals surface area (Å²) in [6, 6.07) is 5.94. The van der Waals surface area contributed by atoms with Gasteiger partial charge in [0.05, 0.1) is 6.04 Å². The zero-order valence-electron chi connectivity index (χ0n) is 10.7. The molecule has 0 aliphatic rings. The summed E-state index contributed by atoms with van der Waals surface area (Å²) in [4.78, 5) is 0. The van der Waals surface area contributed by atoms with Crippen LogP contribution in [0, 0.1) is 0 Å². The predicted octanol–water partition coefficient (Wildman–Crippen LogP) is 2.95. The van der Waals surface area contributed by atoms with Crippen LogP contribution >= 0.6 is 11.6 Å². The molecule has 2 aromatic rings. The highest BCUT2D eigenvalue weighted by atomic mass is 35.5. The first-order chi connectivity index (χ1) is 8.70. The molecule has 0 aliphatic carbocycles. The largest absolute Gasteiger partial charge is 0.448 e. The van der Waals surface area contributed by atoms with E-state index in [9.17, 15) is 0 Å². The second-order valence-corrected chi connectivity index (χ2v) is 4.61. The van der Waals surface area contributed by atoms with E-state index in [1.807, 2.05) is 30.1 Å². The van der Waals surface area contributed by atoms with Gasteiger partial charge in [0, 0.05) is 18.9 Å². The number of aromatic nitrogens is 2. The van der Waals surface area contributed by atoms with Crippen molar-refractivity contribution in [3.05, 3.63) is 41.1 Å². The molecular formula is C13H18ClN3O. The molecule has 0 saturated carbocycles. The molecule has 0 fully saturated rings. The summed E-state index contributed by atoms with van der Waals surface area (Å²) in [6.45, 7) is 2.98. The third-order valence-electron chi connectivity index (χ3n) is 3.00. The number of hydrogen-bond donors (Lipinski definition) is 1. The van der Waals surface area contributed by atoms with Crippen molar-refractivity contribution < 1.29 is 4.42 Å². The number of rotatable bonds is 6. The van der Waals surface area contributed by atoms with Crippen molar-refractivity contribution in [3.63, 3.8) is 0 Å². The molecule has 2 heterocycles. The van der Waals surface area contributed by atoms with E-state index in [4.69, 9.17) is 16.0 Å². The molecule has 1 atom stereocenters. The van der Waals surface area contributed by atoms with Crippen LogP contribution in [0.4, 0.5) is 0 Å². The Morgan fingerprint density at radius 3 is 2.83 bits per heavy atom. The summed E-state index contributed by atoms with van der Waals surface area (Å²) in [5.41, 5.74) is 1.22. The lowest BCUT2D eigenvalue weighted by Crippen LogP contribution is -2.21. The number of furan rings is 1. The van der Waals surface area contributed by atoms with E-state index < -0.39 is 0 Å². The molecule has 0 amide bonds. The van der Waals surface area contributed by atoms with Gasteiger partial charge in [-0.3, -0.25) is 4.68 Å². The average molecular weight is 268 g/mol. The molecule has 1 unspecified atom stereocenters. The summed E-state index contributed by atoms with van der Waals surface area (Å²) >= 11 is 5.82. The summed E-state index contributed by atoms with van der Waals surface area (Å²) in [5.74, 6) is 0.893. The zero-order chi connectivity index (χ0) is 13.0.